The Bertz CT molecular complexity index is 556. The second-order valence-electron chi connectivity index (χ2n) is 5.58. The highest BCUT2D eigenvalue weighted by Crippen LogP contribution is 2.10. The number of anilines is 1. The Morgan fingerprint density at radius 2 is 1.96 bits per heavy atom. The number of aromatic nitrogens is 2. The summed E-state index contributed by atoms with van der Waals surface area (Å²) in [5.41, 5.74) is 0. The van der Waals surface area contributed by atoms with Gasteiger partial charge in [0.1, 0.15) is 12.4 Å². The summed E-state index contributed by atoms with van der Waals surface area (Å²) in [7, 11) is 0. The number of rotatable bonds is 7. The van der Waals surface area contributed by atoms with Crippen LogP contribution in [0.1, 0.15) is 5.76 Å². The first kappa shape index (κ1) is 15.9. The van der Waals surface area contributed by atoms with Crippen LogP contribution in [0, 0.1) is 0 Å². The minimum atomic E-state index is -0.496. The fraction of sp³-hybridized carbons (Fsp3) is 0.500. The molecule has 7 heteroatoms. The molecule has 0 spiro atoms. The van der Waals surface area contributed by atoms with E-state index in [9.17, 15) is 5.11 Å². The Morgan fingerprint density at radius 1 is 1.17 bits per heavy atom. The standard InChI is InChI=1S/C16H22N4O3/c21-14(12-22-13-15-3-1-10-23-15)11-19-6-8-20(9-7-19)16-17-4-2-5-18-16/h1-5,10,14,21H,6-9,11-13H2/t14-/m0/s1. The van der Waals surface area contributed by atoms with Gasteiger partial charge in [-0.25, -0.2) is 9.97 Å². The van der Waals surface area contributed by atoms with E-state index in [1.807, 2.05) is 18.2 Å². The third kappa shape index (κ3) is 4.75. The second-order valence-corrected chi connectivity index (χ2v) is 5.58. The van der Waals surface area contributed by atoms with E-state index in [0.717, 1.165) is 37.9 Å². The van der Waals surface area contributed by atoms with E-state index in [0.29, 0.717) is 19.8 Å². The van der Waals surface area contributed by atoms with Crippen molar-refractivity contribution >= 4 is 5.95 Å². The Balaban J connectivity index is 1.35. The number of β-amino-alcohol motifs (C(OH)–C–C–N with tert-alkyl or cyclic N) is 1. The number of piperazine rings is 1. The summed E-state index contributed by atoms with van der Waals surface area (Å²) in [6, 6.07) is 5.50. The van der Waals surface area contributed by atoms with Gasteiger partial charge in [0.2, 0.25) is 5.95 Å². The molecule has 124 valence electrons. The van der Waals surface area contributed by atoms with Crippen LogP contribution in [-0.4, -0.2) is 65.4 Å². The number of nitrogens with zero attached hydrogens (tertiary/aromatic N) is 4. The zero-order chi connectivity index (χ0) is 15.9. The number of ether oxygens (including phenoxy) is 1. The molecule has 0 aliphatic carbocycles. The van der Waals surface area contributed by atoms with Crippen LogP contribution >= 0.6 is 0 Å². The van der Waals surface area contributed by atoms with Gasteiger partial charge in [0.05, 0.1) is 19.0 Å². The smallest absolute Gasteiger partial charge is 0.225 e. The van der Waals surface area contributed by atoms with Gasteiger partial charge in [0.15, 0.2) is 0 Å². The molecule has 7 nitrogen and oxygen atoms in total. The van der Waals surface area contributed by atoms with Crippen LogP contribution in [0.25, 0.3) is 0 Å². The lowest BCUT2D eigenvalue weighted by Crippen LogP contribution is -2.49. The van der Waals surface area contributed by atoms with Gasteiger partial charge in [0.25, 0.3) is 0 Å². The SMILES string of the molecule is O[C@H](COCc1ccco1)CN1CCN(c2ncccn2)CC1. The van der Waals surface area contributed by atoms with Crippen LogP contribution in [0.3, 0.4) is 0 Å². The van der Waals surface area contributed by atoms with E-state index in [1.165, 1.54) is 0 Å². The molecule has 1 atom stereocenters. The van der Waals surface area contributed by atoms with Gasteiger partial charge in [-0.05, 0) is 18.2 Å². The lowest BCUT2D eigenvalue weighted by atomic mass is 10.2. The van der Waals surface area contributed by atoms with Crippen LogP contribution in [0.2, 0.25) is 0 Å². The fourth-order valence-electron chi connectivity index (χ4n) is 2.63. The van der Waals surface area contributed by atoms with Crippen LogP contribution in [0.4, 0.5) is 5.95 Å². The lowest BCUT2D eigenvalue weighted by Gasteiger charge is -2.35. The predicted molar refractivity (Wildman–Crippen MR) is 85.1 cm³/mol. The molecule has 3 rings (SSSR count). The van der Waals surface area contributed by atoms with Crippen molar-refractivity contribution in [2.75, 3.05) is 44.2 Å². The molecule has 1 aliphatic heterocycles. The highest BCUT2D eigenvalue weighted by Gasteiger charge is 2.20. The zero-order valence-electron chi connectivity index (χ0n) is 13.0. The summed E-state index contributed by atoms with van der Waals surface area (Å²) >= 11 is 0. The number of aliphatic hydroxyl groups is 1. The number of furan rings is 1. The first-order chi connectivity index (χ1) is 11.3. The molecule has 23 heavy (non-hydrogen) atoms. The largest absolute Gasteiger partial charge is 0.467 e. The molecule has 0 unspecified atom stereocenters. The van der Waals surface area contributed by atoms with Crippen molar-refractivity contribution in [3.05, 3.63) is 42.6 Å². The van der Waals surface area contributed by atoms with Crippen molar-refractivity contribution < 1.29 is 14.3 Å². The highest BCUT2D eigenvalue weighted by molar-refractivity contribution is 5.29. The molecule has 2 aromatic heterocycles. The van der Waals surface area contributed by atoms with Gasteiger partial charge >= 0.3 is 0 Å². The molecule has 0 saturated carbocycles. The Hall–Kier alpha value is -1.96. The van der Waals surface area contributed by atoms with Crippen molar-refractivity contribution in [3.8, 4) is 0 Å². The molecule has 2 aromatic rings. The molecule has 3 heterocycles. The summed E-state index contributed by atoms with van der Waals surface area (Å²) in [5, 5.41) is 10.1. The molecule has 1 saturated heterocycles. The fourth-order valence-corrected chi connectivity index (χ4v) is 2.63. The zero-order valence-corrected chi connectivity index (χ0v) is 13.0. The molecule has 1 aliphatic rings. The average Bonchev–Trinajstić information content (AvgIpc) is 3.10. The lowest BCUT2D eigenvalue weighted by molar-refractivity contribution is 0.00438. The van der Waals surface area contributed by atoms with E-state index in [-0.39, 0.29) is 0 Å². The third-order valence-electron chi connectivity index (χ3n) is 3.81. The summed E-state index contributed by atoms with van der Waals surface area (Å²) in [6.07, 6.45) is 4.64. The maximum absolute atomic E-state index is 10.1. The molecule has 0 bridgehead atoms. The van der Waals surface area contributed by atoms with Crippen molar-refractivity contribution in [2.24, 2.45) is 0 Å². The maximum atomic E-state index is 10.1. The quantitative estimate of drug-likeness (QED) is 0.808. The molecule has 0 amide bonds. The molecule has 1 N–H and O–H groups in total. The number of aliphatic hydroxyl groups excluding tert-OH is 1. The van der Waals surface area contributed by atoms with Gasteiger partial charge in [-0.2, -0.15) is 0 Å². The predicted octanol–water partition coefficient (Wildman–Crippen LogP) is 0.769. The van der Waals surface area contributed by atoms with Crippen LogP contribution in [0.5, 0.6) is 0 Å². The average molecular weight is 318 g/mol. The van der Waals surface area contributed by atoms with Gasteiger partial charge in [-0.3, -0.25) is 4.90 Å². The van der Waals surface area contributed by atoms with Gasteiger partial charge in [-0.1, -0.05) is 0 Å². The van der Waals surface area contributed by atoms with Crippen LogP contribution < -0.4 is 4.90 Å². The summed E-state index contributed by atoms with van der Waals surface area (Å²) in [5.74, 6) is 1.54. The van der Waals surface area contributed by atoms with Gasteiger partial charge in [-0.15, -0.1) is 0 Å². The normalized spacial score (nSPS) is 17.3. The summed E-state index contributed by atoms with van der Waals surface area (Å²) in [6.45, 7) is 4.81. The molecular formula is C16H22N4O3. The van der Waals surface area contributed by atoms with Crippen LogP contribution in [-0.2, 0) is 11.3 Å². The topological polar surface area (TPSA) is 74.9 Å². The highest BCUT2D eigenvalue weighted by atomic mass is 16.5. The summed E-state index contributed by atoms with van der Waals surface area (Å²) in [4.78, 5) is 12.9. The first-order valence-corrected chi connectivity index (χ1v) is 7.84. The molecule has 1 fully saturated rings. The Kier molecular flexibility index (Phi) is 5.57. The Labute approximate surface area is 135 Å². The minimum Gasteiger partial charge on any atom is -0.467 e. The van der Waals surface area contributed by atoms with Gasteiger partial charge < -0.3 is 19.2 Å². The molecule has 0 aromatic carbocycles. The van der Waals surface area contributed by atoms with Crippen molar-refractivity contribution in [3.63, 3.8) is 0 Å². The van der Waals surface area contributed by atoms with E-state index >= 15 is 0 Å². The van der Waals surface area contributed by atoms with E-state index in [2.05, 4.69) is 19.8 Å². The van der Waals surface area contributed by atoms with Crippen molar-refractivity contribution in [1.29, 1.82) is 0 Å². The third-order valence-corrected chi connectivity index (χ3v) is 3.81. The molecule has 0 radical (unpaired) electrons. The second kappa shape index (κ2) is 8.05. The minimum absolute atomic E-state index is 0.308. The molecular weight excluding hydrogens is 296 g/mol. The maximum Gasteiger partial charge on any atom is 0.225 e. The van der Waals surface area contributed by atoms with Gasteiger partial charge in [0, 0.05) is 45.1 Å². The van der Waals surface area contributed by atoms with Crippen molar-refractivity contribution in [2.45, 2.75) is 12.7 Å². The monoisotopic (exact) mass is 318 g/mol. The number of hydrogen-bond donors (Lipinski definition) is 1. The van der Waals surface area contributed by atoms with E-state index in [1.54, 1.807) is 18.7 Å². The summed E-state index contributed by atoms with van der Waals surface area (Å²) < 4.78 is 10.7. The van der Waals surface area contributed by atoms with E-state index in [4.69, 9.17) is 9.15 Å². The van der Waals surface area contributed by atoms with Crippen molar-refractivity contribution in [1.82, 2.24) is 14.9 Å². The first-order valence-electron chi connectivity index (χ1n) is 7.84. The number of hydrogen-bond acceptors (Lipinski definition) is 7. The van der Waals surface area contributed by atoms with E-state index < -0.39 is 6.10 Å². The van der Waals surface area contributed by atoms with Crippen LogP contribution in [0.15, 0.2) is 41.3 Å². The Morgan fingerprint density at radius 3 is 2.65 bits per heavy atom.